The molecule has 0 aromatic heterocycles. The van der Waals surface area contributed by atoms with E-state index < -0.39 is 10.8 Å². The molecule has 0 radical (unpaired) electrons. The van der Waals surface area contributed by atoms with Gasteiger partial charge in [-0.3, -0.25) is 9.00 Å². The number of allylic oxidation sites excluding steroid dienone is 2. The highest BCUT2D eigenvalue weighted by Crippen LogP contribution is 2.23. The van der Waals surface area contributed by atoms with Crippen molar-refractivity contribution in [2.45, 2.75) is 18.7 Å². The zero-order valence-electron chi connectivity index (χ0n) is 10.4. The highest BCUT2D eigenvalue weighted by Gasteiger charge is 2.08. The first-order valence-corrected chi connectivity index (χ1v) is 6.74. The average Bonchev–Trinajstić information content (AvgIpc) is 2.28. The standard InChI is InChI=1S/C12H14N2O3S/c1-8(15)12(9(2)16)14-13-10-6-4-5-7-11(10)18(3)17/h4-7,15H,1-3H3. The quantitative estimate of drug-likeness (QED) is 0.517. The second kappa shape index (κ2) is 6.20. The van der Waals surface area contributed by atoms with Gasteiger partial charge in [-0.2, -0.15) is 0 Å². The normalized spacial score (nSPS) is 14.4. The van der Waals surface area contributed by atoms with Gasteiger partial charge in [-0.25, -0.2) is 0 Å². The molecule has 0 aliphatic rings. The fraction of sp³-hybridized carbons (Fsp3) is 0.250. The number of azo groups is 1. The van der Waals surface area contributed by atoms with Gasteiger partial charge in [0.25, 0.3) is 0 Å². The molecule has 0 heterocycles. The van der Waals surface area contributed by atoms with Gasteiger partial charge in [0.05, 0.1) is 15.7 Å². The van der Waals surface area contributed by atoms with Gasteiger partial charge in [0.2, 0.25) is 0 Å². The van der Waals surface area contributed by atoms with Crippen LogP contribution in [0.1, 0.15) is 13.8 Å². The number of aliphatic hydroxyl groups is 1. The van der Waals surface area contributed by atoms with E-state index in [2.05, 4.69) is 10.2 Å². The van der Waals surface area contributed by atoms with E-state index in [4.69, 9.17) is 0 Å². The molecular formula is C12H14N2O3S. The first-order chi connectivity index (χ1) is 8.43. The number of hydrogen-bond donors (Lipinski definition) is 1. The SMILES string of the molecule is CC(=O)C(N=Nc1ccccc1S(C)=O)=C(C)O. The lowest BCUT2D eigenvalue weighted by molar-refractivity contribution is -0.113. The van der Waals surface area contributed by atoms with Crippen molar-refractivity contribution >= 4 is 22.3 Å². The largest absolute Gasteiger partial charge is 0.510 e. The van der Waals surface area contributed by atoms with E-state index >= 15 is 0 Å². The summed E-state index contributed by atoms with van der Waals surface area (Å²) in [5.41, 5.74) is 0.310. The highest BCUT2D eigenvalue weighted by molar-refractivity contribution is 7.84. The number of rotatable bonds is 4. The zero-order chi connectivity index (χ0) is 13.7. The maximum absolute atomic E-state index is 11.5. The van der Waals surface area contributed by atoms with Crippen LogP contribution in [0.25, 0.3) is 0 Å². The Balaban J connectivity index is 3.16. The minimum absolute atomic E-state index is 0.105. The number of Topliss-reactive ketones (excluding diaryl/α,β-unsaturated/α-hetero) is 1. The van der Waals surface area contributed by atoms with Crippen molar-refractivity contribution in [1.82, 2.24) is 0 Å². The third-order valence-corrected chi connectivity index (χ3v) is 3.07. The van der Waals surface area contributed by atoms with Gasteiger partial charge in [0, 0.05) is 13.2 Å². The fourth-order valence-corrected chi connectivity index (χ4v) is 1.96. The van der Waals surface area contributed by atoms with Crippen LogP contribution < -0.4 is 0 Å². The molecule has 1 aromatic carbocycles. The maximum Gasteiger partial charge on any atom is 0.183 e. The fourth-order valence-electron chi connectivity index (χ4n) is 1.28. The van der Waals surface area contributed by atoms with Gasteiger partial charge in [0.1, 0.15) is 11.4 Å². The van der Waals surface area contributed by atoms with Crippen molar-refractivity contribution in [3.63, 3.8) is 0 Å². The average molecular weight is 266 g/mol. The summed E-state index contributed by atoms with van der Waals surface area (Å²) < 4.78 is 11.5. The van der Waals surface area contributed by atoms with Gasteiger partial charge in [-0.05, 0) is 19.1 Å². The van der Waals surface area contributed by atoms with Crippen LogP contribution in [0.3, 0.4) is 0 Å². The molecule has 0 bridgehead atoms. The Bertz CT molecular complexity index is 546. The van der Waals surface area contributed by atoms with Crippen LogP contribution in [0, 0.1) is 0 Å². The van der Waals surface area contributed by atoms with Crippen LogP contribution in [0.15, 0.2) is 50.8 Å². The van der Waals surface area contributed by atoms with Crippen molar-refractivity contribution in [2.24, 2.45) is 10.2 Å². The van der Waals surface area contributed by atoms with Crippen molar-refractivity contribution in [1.29, 1.82) is 0 Å². The number of carbonyl (C=O) groups is 1. The number of aliphatic hydroxyl groups excluding tert-OH is 1. The molecule has 96 valence electrons. The monoisotopic (exact) mass is 266 g/mol. The summed E-state index contributed by atoms with van der Waals surface area (Å²) >= 11 is 0. The van der Waals surface area contributed by atoms with E-state index in [0.29, 0.717) is 10.6 Å². The number of hydrogen-bond acceptors (Lipinski definition) is 5. The molecule has 0 aliphatic heterocycles. The summed E-state index contributed by atoms with van der Waals surface area (Å²) in [5, 5.41) is 16.9. The third-order valence-electron chi connectivity index (χ3n) is 2.11. The summed E-state index contributed by atoms with van der Waals surface area (Å²) in [6.07, 6.45) is 1.54. The lowest BCUT2D eigenvalue weighted by Crippen LogP contribution is -1.96. The molecule has 0 fully saturated rings. The highest BCUT2D eigenvalue weighted by atomic mass is 32.2. The lowest BCUT2D eigenvalue weighted by atomic mass is 10.3. The Morgan fingerprint density at radius 2 is 1.89 bits per heavy atom. The second-order valence-electron chi connectivity index (χ2n) is 3.61. The van der Waals surface area contributed by atoms with Gasteiger partial charge in [-0.15, -0.1) is 10.2 Å². The van der Waals surface area contributed by atoms with Gasteiger partial charge in [0.15, 0.2) is 11.5 Å². The molecule has 0 saturated carbocycles. The summed E-state index contributed by atoms with van der Waals surface area (Å²) in [6, 6.07) is 6.79. The van der Waals surface area contributed by atoms with E-state index in [-0.39, 0.29) is 17.2 Å². The van der Waals surface area contributed by atoms with Crippen molar-refractivity contribution in [3.05, 3.63) is 35.7 Å². The van der Waals surface area contributed by atoms with Gasteiger partial charge >= 0.3 is 0 Å². The molecule has 1 rings (SSSR count). The van der Waals surface area contributed by atoms with Crippen LogP contribution in [-0.2, 0) is 15.6 Å². The Morgan fingerprint density at radius 3 is 2.39 bits per heavy atom. The molecule has 5 nitrogen and oxygen atoms in total. The Hall–Kier alpha value is -1.82. The lowest BCUT2D eigenvalue weighted by Gasteiger charge is -2.01. The number of carbonyl (C=O) groups excluding carboxylic acids is 1. The first-order valence-electron chi connectivity index (χ1n) is 5.18. The molecule has 1 aromatic rings. The van der Waals surface area contributed by atoms with Gasteiger partial charge in [-0.1, -0.05) is 12.1 Å². The summed E-state index contributed by atoms with van der Waals surface area (Å²) in [4.78, 5) is 11.7. The molecule has 1 unspecified atom stereocenters. The third kappa shape index (κ3) is 3.59. The van der Waals surface area contributed by atoms with E-state index in [1.807, 2.05) is 0 Å². The Kier molecular flexibility index (Phi) is 4.91. The minimum atomic E-state index is -1.19. The van der Waals surface area contributed by atoms with Crippen LogP contribution >= 0.6 is 0 Å². The predicted molar refractivity (Wildman–Crippen MR) is 69.3 cm³/mol. The molecule has 0 spiro atoms. The van der Waals surface area contributed by atoms with E-state index in [1.165, 1.54) is 20.1 Å². The predicted octanol–water partition coefficient (Wildman–Crippen LogP) is 2.89. The van der Waals surface area contributed by atoms with Crippen molar-refractivity contribution < 1.29 is 14.1 Å². The van der Waals surface area contributed by atoms with E-state index in [1.54, 1.807) is 24.3 Å². The molecule has 1 N–H and O–H groups in total. The molecular weight excluding hydrogens is 252 g/mol. The maximum atomic E-state index is 11.5. The van der Waals surface area contributed by atoms with E-state index in [9.17, 15) is 14.1 Å². The van der Waals surface area contributed by atoms with Crippen LogP contribution in [0.2, 0.25) is 0 Å². The van der Waals surface area contributed by atoms with Crippen LogP contribution in [-0.4, -0.2) is 21.4 Å². The zero-order valence-corrected chi connectivity index (χ0v) is 11.2. The Labute approximate surface area is 108 Å². The van der Waals surface area contributed by atoms with Crippen LogP contribution in [0.5, 0.6) is 0 Å². The summed E-state index contributed by atoms with van der Waals surface area (Å²) in [7, 11) is -1.19. The number of ketones is 1. The Morgan fingerprint density at radius 1 is 1.28 bits per heavy atom. The summed E-state index contributed by atoms with van der Waals surface area (Å²) in [6.45, 7) is 2.65. The topological polar surface area (TPSA) is 79.1 Å². The van der Waals surface area contributed by atoms with Crippen molar-refractivity contribution in [2.75, 3.05) is 6.26 Å². The van der Waals surface area contributed by atoms with Crippen LogP contribution in [0.4, 0.5) is 5.69 Å². The molecule has 1 atom stereocenters. The second-order valence-corrected chi connectivity index (χ2v) is 4.96. The molecule has 0 amide bonds. The molecule has 0 saturated heterocycles. The van der Waals surface area contributed by atoms with Crippen molar-refractivity contribution in [3.8, 4) is 0 Å². The smallest absolute Gasteiger partial charge is 0.183 e. The van der Waals surface area contributed by atoms with E-state index in [0.717, 1.165) is 0 Å². The van der Waals surface area contributed by atoms with Gasteiger partial charge < -0.3 is 5.11 Å². The molecule has 0 aliphatic carbocycles. The number of benzene rings is 1. The summed E-state index contributed by atoms with van der Waals surface area (Å²) in [5.74, 6) is -0.574. The first kappa shape index (κ1) is 14.2. The number of nitrogens with zero attached hydrogens (tertiary/aromatic N) is 2. The molecule has 6 heteroatoms. The molecule has 18 heavy (non-hydrogen) atoms. The minimum Gasteiger partial charge on any atom is -0.510 e.